The van der Waals surface area contributed by atoms with Crippen molar-refractivity contribution in [1.29, 1.82) is 0 Å². The minimum atomic E-state index is -0.368. The molecule has 1 fully saturated rings. The Hall–Kier alpha value is -1.67. The molecule has 0 amide bonds. The van der Waals surface area contributed by atoms with Gasteiger partial charge in [-0.1, -0.05) is 0 Å². The lowest BCUT2D eigenvalue weighted by Crippen LogP contribution is -2.47. The summed E-state index contributed by atoms with van der Waals surface area (Å²) in [6, 6.07) is 0. The fourth-order valence-corrected chi connectivity index (χ4v) is 2.20. The van der Waals surface area contributed by atoms with E-state index in [-0.39, 0.29) is 10.6 Å². The summed E-state index contributed by atoms with van der Waals surface area (Å²) < 4.78 is 1.64. The summed E-state index contributed by atoms with van der Waals surface area (Å²) >= 11 is 0. The maximum absolute atomic E-state index is 11.2. The third-order valence-corrected chi connectivity index (χ3v) is 3.35. The summed E-state index contributed by atoms with van der Waals surface area (Å²) in [6.45, 7) is 7.75. The number of aryl methyl sites for hydroxylation is 2. The molecule has 1 aromatic rings. The van der Waals surface area contributed by atoms with Gasteiger partial charge in [-0.25, -0.2) is 9.69 Å². The Morgan fingerprint density at radius 3 is 2.53 bits per heavy atom. The van der Waals surface area contributed by atoms with Crippen molar-refractivity contribution in [2.75, 3.05) is 38.7 Å². The van der Waals surface area contributed by atoms with E-state index in [1.54, 1.807) is 11.6 Å². The highest BCUT2D eigenvalue weighted by Gasteiger charge is 2.27. The van der Waals surface area contributed by atoms with Gasteiger partial charge in [0.2, 0.25) is 5.82 Å². The zero-order valence-electron chi connectivity index (χ0n) is 11.6. The first kappa shape index (κ1) is 13.8. The molecule has 0 atom stereocenters. The third kappa shape index (κ3) is 2.85. The van der Waals surface area contributed by atoms with Gasteiger partial charge < -0.3 is 4.90 Å². The molecule has 1 saturated heterocycles. The van der Waals surface area contributed by atoms with Crippen molar-refractivity contribution in [2.24, 2.45) is 0 Å². The first-order valence-corrected chi connectivity index (χ1v) is 6.45. The van der Waals surface area contributed by atoms with E-state index in [0.717, 1.165) is 26.2 Å². The van der Waals surface area contributed by atoms with Crippen LogP contribution in [0.25, 0.3) is 0 Å². The maximum Gasteiger partial charge on any atom is 0.335 e. The second-order valence-corrected chi connectivity index (χ2v) is 4.76. The Kier molecular flexibility index (Phi) is 4.01. The van der Waals surface area contributed by atoms with Crippen LogP contribution in [0.4, 0.5) is 11.5 Å². The Morgan fingerprint density at radius 1 is 1.37 bits per heavy atom. The lowest BCUT2D eigenvalue weighted by Gasteiger charge is -2.32. The molecule has 2 rings (SSSR count). The molecule has 8 nitrogen and oxygen atoms in total. The molecule has 0 bridgehead atoms. The number of hydrazine groups is 1. The van der Waals surface area contributed by atoms with Gasteiger partial charge in [-0.2, -0.15) is 5.10 Å². The van der Waals surface area contributed by atoms with E-state index in [4.69, 9.17) is 0 Å². The third-order valence-electron chi connectivity index (χ3n) is 3.35. The van der Waals surface area contributed by atoms with E-state index >= 15 is 0 Å². The predicted molar refractivity (Wildman–Crippen MR) is 72.0 cm³/mol. The molecule has 1 aromatic heterocycles. The number of nitro groups is 1. The van der Waals surface area contributed by atoms with Crippen LogP contribution in [-0.2, 0) is 6.54 Å². The molecule has 0 aromatic carbocycles. The number of piperazine rings is 1. The highest BCUT2D eigenvalue weighted by molar-refractivity contribution is 5.59. The van der Waals surface area contributed by atoms with E-state index in [1.807, 2.05) is 11.9 Å². The first-order chi connectivity index (χ1) is 9.02. The van der Waals surface area contributed by atoms with Crippen LogP contribution >= 0.6 is 0 Å². The van der Waals surface area contributed by atoms with E-state index in [0.29, 0.717) is 18.1 Å². The summed E-state index contributed by atoms with van der Waals surface area (Å²) in [5.74, 6) is 0.481. The average Bonchev–Trinajstić information content (AvgIpc) is 2.68. The zero-order valence-corrected chi connectivity index (χ0v) is 11.6. The quantitative estimate of drug-likeness (QED) is 0.639. The van der Waals surface area contributed by atoms with Gasteiger partial charge in [-0.05, 0) is 20.9 Å². The van der Waals surface area contributed by atoms with Crippen molar-refractivity contribution in [3.63, 3.8) is 0 Å². The van der Waals surface area contributed by atoms with Crippen LogP contribution in [-0.4, -0.2) is 57.8 Å². The second-order valence-electron chi connectivity index (χ2n) is 4.76. The molecule has 0 unspecified atom stereocenters. The normalized spacial score (nSPS) is 17.6. The number of likely N-dealkylation sites (N-methyl/N-ethyl adjacent to an activating group) is 1. The van der Waals surface area contributed by atoms with Crippen LogP contribution in [0.5, 0.6) is 0 Å². The lowest BCUT2D eigenvalue weighted by molar-refractivity contribution is -0.384. The van der Waals surface area contributed by atoms with Crippen molar-refractivity contribution in [3.05, 3.63) is 15.8 Å². The van der Waals surface area contributed by atoms with Gasteiger partial charge in [0.1, 0.15) is 5.69 Å². The van der Waals surface area contributed by atoms with Crippen LogP contribution in [0.3, 0.4) is 0 Å². The average molecular weight is 268 g/mol. The van der Waals surface area contributed by atoms with Crippen LogP contribution in [0.15, 0.2) is 0 Å². The molecule has 0 spiro atoms. The fraction of sp³-hybridized carbons (Fsp3) is 0.727. The fourth-order valence-electron chi connectivity index (χ4n) is 2.20. The molecule has 2 heterocycles. The summed E-state index contributed by atoms with van der Waals surface area (Å²) in [6.07, 6.45) is 0. The van der Waals surface area contributed by atoms with Crippen LogP contribution in [0.2, 0.25) is 0 Å². The topological polar surface area (TPSA) is 79.5 Å². The van der Waals surface area contributed by atoms with Crippen molar-refractivity contribution >= 4 is 11.5 Å². The maximum atomic E-state index is 11.2. The van der Waals surface area contributed by atoms with Gasteiger partial charge in [0, 0.05) is 32.7 Å². The summed E-state index contributed by atoms with van der Waals surface area (Å²) in [4.78, 5) is 13.0. The van der Waals surface area contributed by atoms with Gasteiger partial charge in [0.15, 0.2) is 0 Å². The largest absolute Gasteiger partial charge is 0.335 e. The molecule has 106 valence electrons. The van der Waals surface area contributed by atoms with Gasteiger partial charge in [0.25, 0.3) is 0 Å². The van der Waals surface area contributed by atoms with Gasteiger partial charge in [0.05, 0.1) is 4.92 Å². The molecule has 8 heteroatoms. The Labute approximate surface area is 112 Å². The van der Waals surface area contributed by atoms with Crippen molar-refractivity contribution < 1.29 is 4.92 Å². The highest BCUT2D eigenvalue weighted by Crippen LogP contribution is 2.28. The zero-order chi connectivity index (χ0) is 14.0. The summed E-state index contributed by atoms with van der Waals surface area (Å²) in [5.41, 5.74) is 3.68. The molecular formula is C11H20N6O2. The van der Waals surface area contributed by atoms with Gasteiger partial charge in [-0.3, -0.25) is 15.5 Å². The Balaban J connectivity index is 2.21. The SMILES string of the molecule is CCn1nc(C)c([N+](=O)[O-])c1NN1CCN(C)CC1. The highest BCUT2D eigenvalue weighted by atomic mass is 16.6. The molecule has 1 aliphatic rings. The molecule has 0 radical (unpaired) electrons. The molecule has 19 heavy (non-hydrogen) atoms. The molecule has 1 N–H and O–H groups in total. The minimum absolute atomic E-state index is 0.0702. The number of nitrogens with zero attached hydrogens (tertiary/aromatic N) is 5. The number of aromatic nitrogens is 2. The number of anilines is 1. The van der Waals surface area contributed by atoms with Crippen molar-refractivity contribution in [3.8, 4) is 0 Å². The van der Waals surface area contributed by atoms with E-state index < -0.39 is 0 Å². The predicted octanol–water partition coefficient (Wildman–Crippen LogP) is 0.694. The summed E-state index contributed by atoms with van der Waals surface area (Å²) in [7, 11) is 2.07. The minimum Gasteiger partial charge on any atom is -0.304 e. The van der Waals surface area contributed by atoms with Crippen molar-refractivity contribution in [2.45, 2.75) is 20.4 Å². The van der Waals surface area contributed by atoms with E-state index in [1.165, 1.54) is 0 Å². The van der Waals surface area contributed by atoms with Crippen molar-refractivity contribution in [1.82, 2.24) is 19.7 Å². The molecule has 1 aliphatic heterocycles. The van der Waals surface area contributed by atoms with Crippen LogP contribution in [0, 0.1) is 17.0 Å². The van der Waals surface area contributed by atoms with Crippen LogP contribution in [0.1, 0.15) is 12.6 Å². The first-order valence-electron chi connectivity index (χ1n) is 6.45. The van der Waals surface area contributed by atoms with Gasteiger partial charge in [-0.15, -0.1) is 0 Å². The molecule has 0 aliphatic carbocycles. The van der Waals surface area contributed by atoms with E-state index in [9.17, 15) is 10.1 Å². The monoisotopic (exact) mass is 268 g/mol. The van der Waals surface area contributed by atoms with Crippen LogP contribution < -0.4 is 5.43 Å². The standard InChI is InChI=1S/C11H20N6O2/c1-4-16-11(10(17(18)19)9(2)12-16)13-15-7-5-14(3)6-8-15/h13H,4-8H2,1-3H3. The van der Waals surface area contributed by atoms with E-state index in [2.05, 4.69) is 22.5 Å². The Bertz CT molecular complexity index is 464. The Morgan fingerprint density at radius 2 is 2.00 bits per heavy atom. The number of hydrogen-bond donors (Lipinski definition) is 1. The number of rotatable bonds is 4. The van der Waals surface area contributed by atoms with Gasteiger partial charge >= 0.3 is 5.69 Å². The molecular weight excluding hydrogens is 248 g/mol. The summed E-state index contributed by atoms with van der Waals surface area (Å²) in [5, 5.41) is 17.4. The molecule has 0 saturated carbocycles. The second kappa shape index (κ2) is 5.54. The number of nitrogens with one attached hydrogen (secondary N) is 1. The lowest BCUT2D eigenvalue weighted by atomic mass is 10.3. The smallest absolute Gasteiger partial charge is 0.304 e. The number of hydrogen-bond acceptors (Lipinski definition) is 6.